The summed E-state index contributed by atoms with van der Waals surface area (Å²) >= 11 is 0. The molecule has 2 N–H and O–H groups in total. The lowest BCUT2D eigenvalue weighted by Crippen LogP contribution is -2.37. The molecule has 116 valence electrons. The molecule has 4 heteroatoms. The normalized spacial score (nSPS) is 10.1. The second kappa shape index (κ2) is 8.08. The molecule has 4 nitrogen and oxygen atoms in total. The van der Waals surface area contributed by atoms with Crippen molar-refractivity contribution in [3.8, 4) is 5.75 Å². The third-order valence-electron chi connectivity index (χ3n) is 3.15. The maximum absolute atomic E-state index is 11.7. The Morgan fingerprint density at radius 3 is 2.36 bits per heavy atom. The molecule has 0 aromatic heterocycles. The molecule has 2 rings (SSSR count). The average Bonchev–Trinajstić information content (AvgIpc) is 2.50. The molecule has 0 aliphatic carbocycles. The van der Waals surface area contributed by atoms with Crippen LogP contribution >= 0.6 is 0 Å². The number of aryl methyl sites for hydroxylation is 2. The van der Waals surface area contributed by atoms with E-state index in [-0.39, 0.29) is 6.03 Å². The van der Waals surface area contributed by atoms with E-state index in [0.717, 1.165) is 11.3 Å². The van der Waals surface area contributed by atoms with E-state index < -0.39 is 0 Å². The number of hydrogen-bond acceptors (Lipinski definition) is 2. The molecule has 0 atom stereocenters. The predicted molar refractivity (Wildman–Crippen MR) is 88.1 cm³/mol. The zero-order chi connectivity index (χ0) is 15.8. The summed E-state index contributed by atoms with van der Waals surface area (Å²) in [4.78, 5) is 11.7. The van der Waals surface area contributed by atoms with Gasteiger partial charge in [0.1, 0.15) is 12.4 Å². The average molecular weight is 298 g/mol. The van der Waals surface area contributed by atoms with Gasteiger partial charge < -0.3 is 15.4 Å². The molecule has 0 fully saturated rings. The molecular weight excluding hydrogens is 276 g/mol. The highest BCUT2D eigenvalue weighted by atomic mass is 16.5. The van der Waals surface area contributed by atoms with Gasteiger partial charge in [0, 0.05) is 6.54 Å². The van der Waals surface area contributed by atoms with E-state index in [4.69, 9.17) is 4.74 Å². The maximum Gasteiger partial charge on any atom is 0.315 e. The Labute approximate surface area is 131 Å². The van der Waals surface area contributed by atoms with Crippen LogP contribution in [0.15, 0.2) is 48.5 Å². The van der Waals surface area contributed by atoms with Crippen molar-refractivity contribution >= 4 is 6.03 Å². The van der Waals surface area contributed by atoms with E-state index in [0.29, 0.717) is 19.7 Å². The molecule has 0 bridgehead atoms. The lowest BCUT2D eigenvalue weighted by atomic mass is 10.1. The van der Waals surface area contributed by atoms with Crippen molar-refractivity contribution in [2.75, 3.05) is 13.2 Å². The lowest BCUT2D eigenvalue weighted by Gasteiger charge is -2.10. The Hall–Kier alpha value is -2.49. The van der Waals surface area contributed by atoms with Crippen LogP contribution in [0.2, 0.25) is 0 Å². The predicted octanol–water partition coefficient (Wildman–Crippen LogP) is 3.18. The van der Waals surface area contributed by atoms with Crippen LogP contribution in [0.1, 0.15) is 16.7 Å². The molecule has 2 aromatic rings. The molecule has 0 radical (unpaired) electrons. The van der Waals surface area contributed by atoms with Gasteiger partial charge in [0.05, 0.1) is 6.54 Å². The van der Waals surface area contributed by atoms with Gasteiger partial charge in [0.25, 0.3) is 0 Å². The second-order valence-electron chi connectivity index (χ2n) is 5.27. The minimum absolute atomic E-state index is 0.187. The van der Waals surface area contributed by atoms with Gasteiger partial charge in [-0.25, -0.2) is 4.79 Å². The molecule has 2 amide bonds. The first-order chi connectivity index (χ1) is 10.6. The SMILES string of the molecule is Cc1cc(C)cc(OCCNC(=O)NCc2ccccc2)c1. The minimum atomic E-state index is -0.187. The van der Waals surface area contributed by atoms with Gasteiger partial charge in [0.2, 0.25) is 0 Å². The first-order valence-electron chi connectivity index (χ1n) is 7.40. The van der Waals surface area contributed by atoms with Crippen LogP contribution in [0.5, 0.6) is 5.75 Å². The standard InChI is InChI=1S/C18H22N2O2/c1-14-10-15(2)12-17(11-14)22-9-8-19-18(21)20-13-16-6-4-3-5-7-16/h3-7,10-12H,8-9,13H2,1-2H3,(H2,19,20,21). The summed E-state index contributed by atoms with van der Waals surface area (Å²) in [7, 11) is 0. The van der Waals surface area contributed by atoms with Gasteiger partial charge in [-0.15, -0.1) is 0 Å². The summed E-state index contributed by atoms with van der Waals surface area (Å²) in [6, 6.07) is 15.7. The van der Waals surface area contributed by atoms with Gasteiger partial charge in [-0.05, 0) is 42.7 Å². The smallest absolute Gasteiger partial charge is 0.315 e. The number of carbonyl (C=O) groups is 1. The van der Waals surface area contributed by atoms with E-state index in [1.54, 1.807) is 0 Å². The van der Waals surface area contributed by atoms with Crippen molar-refractivity contribution in [3.05, 3.63) is 65.2 Å². The van der Waals surface area contributed by atoms with Crippen LogP contribution < -0.4 is 15.4 Å². The number of nitrogens with one attached hydrogen (secondary N) is 2. The van der Waals surface area contributed by atoms with Crippen molar-refractivity contribution in [1.29, 1.82) is 0 Å². The molecule has 0 aliphatic heterocycles. The number of amides is 2. The number of urea groups is 1. The third kappa shape index (κ3) is 5.48. The quantitative estimate of drug-likeness (QED) is 0.805. The highest BCUT2D eigenvalue weighted by Crippen LogP contribution is 2.15. The molecule has 0 aliphatic rings. The fraction of sp³-hybridized carbons (Fsp3) is 0.278. The Kier molecular flexibility index (Phi) is 5.83. The fourth-order valence-corrected chi connectivity index (χ4v) is 2.19. The molecule has 22 heavy (non-hydrogen) atoms. The first kappa shape index (κ1) is 15.9. The Balaban J connectivity index is 1.64. The van der Waals surface area contributed by atoms with Crippen LogP contribution in [0.25, 0.3) is 0 Å². The molecule has 0 saturated carbocycles. The van der Waals surface area contributed by atoms with Crippen LogP contribution in [-0.2, 0) is 6.54 Å². The summed E-state index contributed by atoms with van der Waals surface area (Å²) in [5.41, 5.74) is 3.41. The second-order valence-corrected chi connectivity index (χ2v) is 5.27. The van der Waals surface area contributed by atoms with Crippen molar-refractivity contribution in [2.45, 2.75) is 20.4 Å². The van der Waals surface area contributed by atoms with Crippen LogP contribution in [0, 0.1) is 13.8 Å². The number of ether oxygens (including phenoxy) is 1. The summed E-state index contributed by atoms with van der Waals surface area (Å²) in [5, 5.41) is 5.59. The van der Waals surface area contributed by atoms with E-state index in [9.17, 15) is 4.79 Å². The minimum Gasteiger partial charge on any atom is -0.492 e. The summed E-state index contributed by atoms with van der Waals surface area (Å²) in [6.07, 6.45) is 0. The van der Waals surface area contributed by atoms with E-state index in [2.05, 4.69) is 16.7 Å². The van der Waals surface area contributed by atoms with Gasteiger partial charge >= 0.3 is 6.03 Å². The Morgan fingerprint density at radius 2 is 1.68 bits per heavy atom. The summed E-state index contributed by atoms with van der Waals surface area (Å²) in [6.45, 7) is 5.50. The zero-order valence-electron chi connectivity index (χ0n) is 13.1. The zero-order valence-corrected chi connectivity index (χ0v) is 13.1. The Morgan fingerprint density at radius 1 is 1.00 bits per heavy atom. The number of rotatable bonds is 6. The first-order valence-corrected chi connectivity index (χ1v) is 7.40. The molecule has 0 unspecified atom stereocenters. The largest absolute Gasteiger partial charge is 0.492 e. The van der Waals surface area contributed by atoms with Gasteiger partial charge in [-0.3, -0.25) is 0 Å². The van der Waals surface area contributed by atoms with Gasteiger partial charge in [-0.2, -0.15) is 0 Å². The fourth-order valence-electron chi connectivity index (χ4n) is 2.19. The molecule has 0 saturated heterocycles. The molecule has 0 heterocycles. The van der Waals surface area contributed by atoms with Gasteiger partial charge in [-0.1, -0.05) is 36.4 Å². The third-order valence-corrected chi connectivity index (χ3v) is 3.15. The maximum atomic E-state index is 11.7. The van der Waals surface area contributed by atoms with Crippen molar-refractivity contribution < 1.29 is 9.53 Å². The Bertz CT molecular complexity index is 591. The molecule has 2 aromatic carbocycles. The number of hydrogen-bond donors (Lipinski definition) is 2. The van der Waals surface area contributed by atoms with Crippen LogP contribution in [0.4, 0.5) is 4.79 Å². The van der Waals surface area contributed by atoms with Gasteiger partial charge in [0.15, 0.2) is 0 Å². The van der Waals surface area contributed by atoms with E-state index in [1.807, 2.05) is 56.3 Å². The number of benzene rings is 2. The topological polar surface area (TPSA) is 50.4 Å². The molecule has 0 spiro atoms. The van der Waals surface area contributed by atoms with E-state index in [1.165, 1.54) is 11.1 Å². The van der Waals surface area contributed by atoms with Crippen LogP contribution in [0.3, 0.4) is 0 Å². The van der Waals surface area contributed by atoms with Crippen molar-refractivity contribution in [1.82, 2.24) is 10.6 Å². The highest BCUT2D eigenvalue weighted by molar-refractivity contribution is 5.73. The monoisotopic (exact) mass is 298 g/mol. The van der Waals surface area contributed by atoms with Crippen molar-refractivity contribution in [3.63, 3.8) is 0 Å². The van der Waals surface area contributed by atoms with Crippen LogP contribution in [-0.4, -0.2) is 19.2 Å². The highest BCUT2D eigenvalue weighted by Gasteiger charge is 2.01. The lowest BCUT2D eigenvalue weighted by molar-refractivity contribution is 0.236. The summed E-state index contributed by atoms with van der Waals surface area (Å²) in [5.74, 6) is 0.837. The van der Waals surface area contributed by atoms with Crippen molar-refractivity contribution in [2.24, 2.45) is 0 Å². The van der Waals surface area contributed by atoms with E-state index >= 15 is 0 Å². The summed E-state index contributed by atoms with van der Waals surface area (Å²) < 4.78 is 5.64. The molecular formula is C18H22N2O2. The number of carbonyl (C=O) groups excluding carboxylic acids is 1.